The number of anilines is 1. The molecule has 1 spiro atoms. The zero-order valence-corrected chi connectivity index (χ0v) is 20.8. The van der Waals surface area contributed by atoms with Crippen LogP contribution in [0.25, 0.3) is 11.0 Å². The van der Waals surface area contributed by atoms with Crippen LogP contribution in [0.2, 0.25) is 0 Å². The van der Waals surface area contributed by atoms with Gasteiger partial charge in [0.1, 0.15) is 17.8 Å². The number of nitrogens with zero attached hydrogens (tertiary/aromatic N) is 3. The number of carbonyl (C=O) groups excluding carboxylic acids is 2. The van der Waals surface area contributed by atoms with Gasteiger partial charge in [-0.05, 0) is 26.0 Å². The number of esters is 2. The molecular formula is C25H37N3O6. The molecule has 2 fully saturated rings. The molecule has 0 atom stereocenters. The summed E-state index contributed by atoms with van der Waals surface area (Å²) in [6.45, 7) is 11.5. The predicted octanol–water partition coefficient (Wildman–Crippen LogP) is 3.46. The molecule has 1 aromatic carbocycles. The van der Waals surface area contributed by atoms with Gasteiger partial charge in [-0.3, -0.25) is 9.59 Å². The number of benzene rings is 1. The number of piperidine rings is 1. The second-order valence-electron chi connectivity index (χ2n) is 7.96. The van der Waals surface area contributed by atoms with Gasteiger partial charge in [0, 0.05) is 32.5 Å². The minimum atomic E-state index is -0.446. The van der Waals surface area contributed by atoms with E-state index in [0.29, 0.717) is 38.8 Å². The first kappa shape index (κ1) is 26.0. The molecule has 9 nitrogen and oxygen atoms in total. The van der Waals surface area contributed by atoms with E-state index in [0.717, 1.165) is 42.7 Å². The fraction of sp³-hybridized carbons (Fsp3) is 0.640. The van der Waals surface area contributed by atoms with Gasteiger partial charge in [0.25, 0.3) is 0 Å². The van der Waals surface area contributed by atoms with E-state index < -0.39 is 5.79 Å². The number of fused-ring (bicyclic) bond motifs is 1. The SMILES string of the molecule is CC.CCOC(=O)CCn1c(CC(=O)OCC)nc2c(N3CCC4(CC3)OCCO4)cccc21. The highest BCUT2D eigenvalue weighted by Gasteiger charge is 2.40. The molecule has 34 heavy (non-hydrogen) atoms. The van der Waals surface area contributed by atoms with Crippen LogP contribution in [0.1, 0.15) is 52.8 Å². The first-order valence-electron chi connectivity index (χ1n) is 12.4. The number of hydrogen-bond acceptors (Lipinski definition) is 8. The Morgan fingerprint density at radius 2 is 1.68 bits per heavy atom. The van der Waals surface area contributed by atoms with Crippen molar-refractivity contribution < 1.29 is 28.5 Å². The third kappa shape index (κ3) is 5.88. The van der Waals surface area contributed by atoms with E-state index in [9.17, 15) is 9.59 Å². The van der Waals surface area contributed by atoms with E-state index in [1.807, 2.05) is 36.6 Å². The monoisotopic (exact) mass is 475 g/mol. The summed E-state index contributed by atoms with van der Waals surface area (Å²) in [5.74, 6) is -0.466. The minimum absolute atomic E-state index is 0.0512. The van der Waals surface area contributed by atoms with Crippen LogP contribution in [0.5, 0.6) is 0 Å². The van der Waals surface area contributed by atoms with Gasteiger partial charge in [-0.15, -0.1) is 0 Å². The molecule has 1 aromatic heterocycles. The average molecular weight is 476 g/mol. The Morgan fingerprint density at radius 3 is 2.32 bits per heavy atom. The normalized spacial score (nSPS) is 16.9. The lowest BCUT2D eigenvalue weighted by Gasteiger charge is -2.38. The van der Waals surface area contributed by atoms with E-state index in [1.54, 1.807) is 13.8 Å². The van der Waals surface area contributed by atoms with Crippen LogP contribution in [0.3, 0.4) is 0 Å². The molecule has 2 saturated heterocycles. The van der Waals surface area contributed by atoms with Crippen molar-refractivity contribution in [1.29, 1.82) is 0 Å². The number of rotatable bonds is 8. The number of hydrogen-bond donors (Lipinski definition) is 0. The number of aryl methyl sites for hydroxylation is 1. The molecule has 0 amide bonds. The summed E-state index contributed by atoms with van der Waals surface area (Å²) in [6, 6.07) is 6.01. The van der Waals surface area contributed by atoms with Gasteiger partial charge in [0.2, 0.25) is 0 Å². The topological polar surface area (TPSA) is 92.1 Å². The molecule has 0 aliphatic carbocycles. The maximum absolute atomic E-state index is 12.2. The van der Waals surface area contributed by atoms with Crippen molar-refractivity contribution in [2.75, 3.05) is 44.4 Å². The fourth-order valence-electron chi connectivity index (χ4n) is 4.47. The van der Waals surface area contributed by atoms with E-state index in [1.165, 1.54) is 0 Å². The number of carbonyl (C=O) groups is 2. The van der Waals surface area contributed by atoms with Crippen LogP contribution in [-0.2, 0) is 41.5 Å². The molecular weight excluding hydrogens is 438 g/mol. The van der Waals surface area contributed by atoms with E-state index in [-0.39, 0.29) is 24.8 Å². The molecule has 9 heteroatoms. The lowest BCUT2D eigenvalue weighted by Crippen LogP contribution is -2.45. The van der Waals surface area contributed by atoms with Crippen LogP contribution >= 0.6 is 0 Å². The summed E-state index contributed by atoms with van der Waals surface area (Å²) in [5, 5.41) is 0. The molecule has 2 aliphatic rings. The summed E-state index contributed by atoms with van der Waals surface area (Å²) >= 11 is 0. The number of para-hydroxylation sites is 1. The van der Waals surface area contributed by atoms with Crippen LogP contribution < -0.4 is 4.90 Å². The van der Waals surface area contributed by atoms with Gasteiger partial charge in [-0.2, -0.15) is 0 Å². The molecule has 2 aromatic rings. The van der Waals surface area contributed by atoms with Crippen molar-refractivity contribution in [3.05, 3.63) is 24.0 Å². The number of aromatic nitrogens is 2. The Morgan fingerprint density at radius 1 is 1.03 bits per heavy atom. The second-order valence-corrected chi connectivity index (χ2v) is 7.96. The van der Waals surface area contributed by atoms with Gasteiger partial charge < -0.3 is 28.4 Å². The Balaban J connectivity index is 0.00000158. The highest BCUT2D eigenvalue weighted by atomic mass is 16.7. The minimum Gasteiger partial charge on any atom is -0.466 e. The van der Waals surface area contributed by atoms with Gasteiger partial charge >= 0.3 is 11.9 Å². The average Bonchev–Trinajstić information content (AvgIpc) is 3.44. The fourth-order valence-corrected chi connectivity index (χ4v) is 4.47. The predicted molar refractivity (Wildman–Crippen MR) is 129 cm³/mol. The Hall–Kier alpha value is -2.65. The standard InChI is InChI=1S/C23H31N3O6.C2H6/c1-3-29-20(27)8-11-26-18-7-5-6-17(22(18)24-19(26)16-21(28)30-4-2)25-12-9-23(10-13-25)31-14-15-32-23;1-2/h5-7H,3-4,8-16H2,1-2H3;1-2H3. The molecule has 3 heterocycles. The summed E-state index contributed by atoms with van der Waals surface area (Å²) in [6.07, 6.45) is 1.85. The molecule has 188 valence electrons. The first-order chi connectivity index (χ1) is 16.5. The van der Waals surface area contributed by atoms with Crippen molar-refractivity contribution in [2.45, 2.75) is 65.7 Å². The van der Waals surface area contributed by atoms with Gasteiger partial charge in [-0.25, -0.2) is 4.98 Å². The molecule has 4 rings (SSSR count). The van der Waals surface area contributed by atoms with Crippen molar-refractivity contribution in [3.8, 4) is 0 Å². The summed E-state index contributed by atoms with van der Waals surface area (Å²) in [5.41, 5.74) is 2.72. The highest BCUT2D eigenvalue weighted by Crippen LogP contribution is 2.35. The quantitative estimate of drug-likeness (QED) is 0.536. The summed E-state index contributed by atoms with van der Waals surface area (Å²) in [7, 11) is 0. The van der Waals surface area contributed by atoms with Crippen LogP contribution in [0.15, 0.2) is 18.2 Å². The molecule has 0 N–H and O–H groups in total. The molecule has 0 radical (unpaired) electrons. The molecule has 0 saturated carbocycles. The number of ether oxygens (including phenoxy) is 4. The first-order valence-corrected chi connectivity index (χ1v) is 12.4. The van der Waals surface area contributed by atoms with E-state index in [4.69, 9.17) is 23.9 Å². The van der Waals surface area contributed by atoms with Crippen molar-refractivity contribution in [2.24, 2.45) is 0 Å². The van der Waals surface area contributed by atoms with E-state index >= 15 is 0 Å². The Labute approximate surface area is 201 Å². The highest BCUT2D eigenvalue weighted by molar-refractivity contribution is 5.90. The van der Waals surface area contributed by atoms with Crippen molar-refractivity contribution >= 4 is 28.7 Å². The lowest BCUT2D eigenvalue weighted by molar-refractivity contribution is -0.169. The van der Waals surface area contributed by atoms with Gasteiger partial charge in [-0.1, -0.05) is 19.9 Å². The van der Waals surface area contributed by atoms with Crippen LogP contribution in [0.4, 0.5) is 5.69 Å². The van der Waals surface area contributed by atoms with E-state index in [2.05, 4.69) is 4.90 Å². The Bertz CT molecular complexity index is 957. The zero-order valence-electron chi connectivity index (χ0n) is 20.8. The summed E-state index contributed by atoms with van der Waals surface area (Å²) < 4.78 is 23.9. The van der Waals surface area contributed by atoms with Crippen LogP contribution in [-0.4, -0.2) is 66.8 Å². The lowest BCUT2D eigenvalue weighted by atomic mass is 10.0. The third-order valence-corrected chi connectivity index (χ3v) is 5.97. The summed E-state index contributed by atoms with van der Waals surface area (Å²) in [4.78, 5) is 31.3. The second kappa shape index (κ2) is 12.2. The largest absolute Gasteiger partial charge is 0.466 e. The Kier molecular flexibility index (Phi) is 9.29. The smallest absolute Gasteiger partial charge is 0.313 e. The number of imidazole rings is 1. The van der Waals surface area contributed by atoms with Crippen molar-refractivity contribution in [1.82, 2.24) is 9.55 Å². The maximum atomic E-state index is 12.2. The molecule has 0 unspecified atom stereocenters. The van der Waals surface area contributed by atoms with Crippen molar-refractivity contribution in [3.63, 3.8) is 0 Å². The maximum Gasteiger partial charge on any atom is 0.313 e. The third-order valence-electron chi connectivity index (χ3n) is 5.97. The van der Waals surface area contributed by atoms with Crippen LogP contribution in [0, 0.1) is 0 Å². The van der Waals surface area contributed by atoms with Gasteiger partial charge in [0.15, 0.2) is 5.79 Å². The molecule has 0 bridgehead atoms. The molecule has 2 aliphatic heterocycles. The zero-order chi connectivity index (χ0) is 24.6. The van der Waals surface area contributed by atoms with Gasteiger partial charge in [0.05, 0.1) is 44.1 Å².